The van der Waals surface area contributed by atoms with E-state index in [0.29, 0.717) is 54.1 Å². The molecule has 4 aromatic rings. The van der Waals surface area contributed by atoms with Gasteiger partial charge in [-0.1, -0.05) is 12.1 Å². The number of imidazole rings is 1. The third-order valence-electron chi connectivity index (χ3n) is 7.64. The molecular weight excluding hydrogens is 625 g/mol. The van der Waals surface area contributed by atoms with Crippen LogP contribution in [0.1, 0.15) is 40.5 Å². The van der Waals surface area contributed by atoms with E-state index in [1.807, 2.05) is 0 Å². The molecule has 0 saturated carbocycles. The molecule has 0 spiro atoms. The van der Waals surface area contributed by atoms with E-state index in [2.05, 4.69) is 30.9 Å². The molecule has 0 atom stereocenters. The summed E-state index contributed by atoms with van der Waals surface area (Å²) < 4.78 is 56.3. The second kappa shape index (κ2) is 12.4. The first-order chi connectivity index (χ1) is 20.4. The molecule has 3 heterocycles. The van der Waals surface area contributed by atoms with Crippen LogP contribution in [0.15, 0.2) is 55.0 Å². The van der Waals surface area contributed by atoms with E-state index in [-0.39, 0.29) is 17.3 Å². The summed E-state index contributed by atoms with van der Waals surface area (Å²) in [5, 5.41) is 1.01. The van der Waals surface area contributed by atoms with Gasteiger partial charge in [-0.15, -0.1) is 0 Å². The number of amides is 1. The summed E-state index contributed by atoms with van der Waals surface area (Å²) in [6.07, 6.45) is -0.220. The second-order valence-electron chi connectivity index (χ2n) is 10.8. The van der Waals surface area contributed by atoms with Crippen LogP contribution in [0.3, 0.4) is 0 Å². The number of hydrogen-bond donors (Lipinski definition) is 2. The molecule has 1 saturated heterocycles. The number of nitrogens with zero attached hydrogens (tertiary/aromatic N) is 5. The molecule has 0 radical (unpaired) electrons. The Morgan fingerprint density at radius 2 is 1.81 bits per heavy atom. The van der Waals surface area contributed by atoms with Gasteiger partial charge in [-0.25, -0.2) is 0 Å². The van der Waals surface area contributed by atoms with Crippen LogP contribution in [0.25, 0.3) is 22.4 Å². The number of aryl methyl sites for hydroxylation is 1. The van der Waals surface area contributed by atoms with Gasteiger partial charge in [-0.2, -0.15) is 0 Å². The minimum atomic E-state index is -4.80. The van der Waals surface area contributed by atoms with Gasteiger partial charge in [-0.05, 0) is 6.07 Å². The van der Waals surface area contributed by atoms with Crippen LogP contribution >= 0.6 is 0 Å². The first kappa shape index (κ1) is 30.5. The number of anilines is 2. The number of halogens is 4. The average molecular weight is 658 g/mol. The molecule has 0 bridgehead atoms. The predicted molar refractivity (Wildman–Crippen MR) is 159 cm³/mol. The van der Waals surface area contributed by atoms with Crippen LogP contribution in [0, 0.1) is 5.82 Å². The van der Waals surface area contributed by atoms with Gasteiger partial charge in [0.2, 0.25) is 5.91 Å². The maximum atomic E-state index is 14.0. The maximum absolute atomic E-state index is 14.0. The fraction of sp³-hybridized carbons (Fsp3) is 0.333. The van der Waals surface area contributed by atoms with E-state index in [4.69, 9.17) is 16.5 Å². The zero-order chi connectivity index (χ0) is 30.9. The Balaban J connectivity index is 1.44. The van der Waals surface area contributed by atoms with Crippen LogP contribution in [0.5, 0.6) is 0 Å². The molecule has 1 amide bonds. The van der Waals surface area contributed by atoms with Crippen molar-refractivity contribution in [1.82, 2.24) is 19.5 Å². The van der Waals surface area contributed by atoms with Gasteiger partial charge in [0.05, 0.1) is 0 Å². The molecule has 2 aromatic heterocycles. The molecule has 1 aliphatic heterocycles. The molecule has 13 heteroatoms. The van der Waals surface area contributed by atoms with Crippen molar-refractivity contribution in [2.75, 3.05) is 23.7 Å². The molecule has 0 aliphatic carbocycles. The van der Waals surface area contributed by atoms with Crippen LogP contribution in [0.4, 0.5) is 29.2 Å². The Bertz CT molecular complexity index is 1630. The van der Waals surface area contributed by atoms with E-state index in [1.165, 1.54) is 12.4 Å². The molecule has 8 nitrogen and oxygen atoms in total. The number of aromatic nitrogens is 4. The normalized spacial score (nSPS) is 14.4. The zero-order valence-electron chi connectivity index (χ0n) is 23.8. The SMILES string of the molecule is C[As](C)CCn1cc(-c2ccc(F)c(C(F)(F)F)c2)nc1C1CCN(c2ncnc(N)c2-c2ccccc2C(N)=O)CC1. The topological polar surface area (TPSA) is 116 Å². The number of nitrogen functional groups attached to an aromatic ring is 1. The van der Waals surface area contributed by atoms with Gasteiger partial charge in [0.15, 0.2) is 0 Å². The summed E-state index contributed by atoms with van der Waals surface area (Å²) in [5.74, 6) is -0.207. The summed E-state index contributed by atoms with van der Waals surface area (Å²) in [7, 11) is 0. The fourth-order valence-electron chi connectivity index (χ4n) is 5.44. The molecule has 4 N–H and O–H groups in total. The Labute approximate surface area is 251 Å². The van der Waals surface area contributed by atoms with Gasteiger partial charge in [-0.3, -0.25) is 4.79 Å². The molecule has 0 unspecified atom stereocenters. The van der Waals surface area contributed by atoms with Crippen molar-refractivity contribution in [3.8, 4) is 22.4 Å². The fourth-order valence-corrected chi connectivity index (χ4v) is 6.73. The number of hydrogen-bond acceptors (Lipinski definition) is 6. The molecule has 43 heavy (non-hydrogen) atoms. The van der Waals surface area contributed by atoms with Gasteiger partial charge >= 0.3 is 217 Å². The number of piperidine rings is 1. The van der Waals surface area contributed by atoms with E-state index >= 15 is 0 Å². The van der Waals surface area contributed by atoms with Crippen LogP contribution in [0.2, 0.25) is 16.6 Å². The van der Waals surface area contributed by atoms with Gasteiger partial charge in [0, 0.05) is 0 Å². The Morgan fingerprint density at radius 3 is 2.49 bits per heavy atom. The van der Waals surface area contributed by atoms with E-state index in [1.54, 1.807) is 30.5 Å². The van der Waals surface area contributed by atoms with E-state index < -0.39 is 38.1 Å². The van der Waals surface area contributed by atoms with E-state index in [9.17, 15) is 22.4 Å². The van der Waals surface area contributed by atoms with Crippen molar-refractivity contribution in [3.63, 3.8) is 0 Å². The Kier molecular flexibility index (Phi) is 8.78. The second-order valence-corrected chi connectivity index (χ2v) is 16.3. The third-order valence-corrected chi connectivity index (χ3v) is 9.94. The minimum absolute atomic E-state index is 0.0442. The summed E-state index contributed by atoms with van der Waals surface area (Å²) in [4.78, 5) is 27.8. The van der Waals surface area contributed by atoms with Crippen molar-refractivity contribution < 1.29 is 22.4 Å². The first-order valence-corrected chi connectivity index (χ1v) is 18.9. The van der Waals surface area contributed by atoms with Gasteiger partial charge in [0.1, 0.15) is 0 Å². The summed E-state index contributed by atoms with van der Waals surface area (Å²) in [5.41, 5.74) is 17.2. The molecule has 1 aliphatic rings. The van der Waals surface area contributed by atoms with Crippen LogP contribution in [-0.2, 0) is 12.7 Å². The molecule has 2 aromatic carbocycles. The van der Waals surface area contributed by atoms with Crippen molar-refractivity contribution in [3.05, 3.63) is 77.8 Å². The number of nitrogens with two attached hydrogens (primary N) is 2. The number of carbonyl (C=O) groups excluding carboxylic acids is 1. The number of benzene rings is 2. The average Bonchev–Trinajstić information content (AvgIpc) is 3.40. The van der Waals surface area contributed by atoms with Crippen molar-refractivity contribution in [1.29, 1.82) is 0 Å². The number of rotatable bonds is 8. The zero-order valence-corrected chi connectivity index (χ0v) is 25.7. The standard InChI is InChI=1S/C30H32AsF4N7O/c1-31(2)11-14-42-16-24(19-7-8-23(32)22(15-19)30(33,34)35)40-28(42)18-9-12-41(13-10-18)29-25(26(36)38-17-39-29)20-5-3-4-6-21(20)27(37)43/h3-8,15-18H,9-14H2,1-2H3,(H2,37,43)(H2,36,38,39). The Morgan fingerprint density at radius 1 is 1.09 bits per heavy atom. The van der Waals surface area contributed by atoms with Crippen LogP contribution in [-0.4, -0.2) is 53.2 Å². The van der Waals surface area contributed by atoms with Gasteiger partial charge in [0.25, 0.3) is 0 Å². The van der Waals surface area contributed by atoms with E-state index in [0.717, 1.165) is 29.7 Å². The summed E-state index contributed by atoms with van der Waals surface area (Å²) in [6, 6.07) is 9.93. The van der Waals surface area contributed by atoms with Crippen LogP contribution < -0.4 is 16.4 Å². The first-order valence-electron chi connectivity index (χ1n) is 13.8. The molecule has 1 fully saturated rings. The van der Waals surface area contributed by atoms with Crippen molar-refractivity contribution in [2.45, 2.75) is 48.1 Å². The van der Waals surface area contributed by atoms with Gasteiger partial charge < -0.3 is 5.73 Å². The molecular formula is C30H32AsF4N7O. The molecule has 5 rings (SSSR count). The third kappa shape index (κ3) is 6.54. The monoisotopic (exact) mass is 657 g/mol. The number of primary amides is 1. The molecule has 226 valence electrons. The number of carbonyl (C=O) groups is 1. The summed E-state index contributed by atoms with van der Waals surface area (Å²) in [6.45, 7) is 1.92. The van der Waals surface area contributed by atoms with Crippen molar-refractivity contribution >= 4 is 32.2 Å². The summed E-state index contributed by atoms with van der Waals surface area (Å²) >= 11 is -0.990. The quantitative estimate of drug-likeness (QED) is 0.178. The van der Waals surface area contributed by atoms with Crippen molar-refractivity contribution in [2.24, 2.45) is 5.73 Å². The number of alkyl halides is 3. The Hall–Kier alpha value is -3.92. The predicted octanol–water partition coefficient (Wildman–Crippen LogP) is 5.98.